The van der Waals surface area contributed by atoms with Crippen LogP contribution >= 0.6 is 14.5 Å². The van der Waals surface area contributed by atoms with Crippen molar-refractivity contribution in [3.05, 3.63) is 182 Å². The molecule has 0 bridgehead atoms. The summed E-state index contributed by atoms with van der Waals surface area (Å²) < 4.78 is 0. The molecule has 0 saturated carbocycles. The molecule has 0 radical (unpaired) electrons. The highest BCUT2D eigenvalue weighted by Crippen LogP contribution is 2.71. The molecule has 2 nitrogen and oxygen atoms in total. The molecule has 4 heteroatoms. The molecule has 1 heterocycles. The molecular weight excluding hydrogens is 666 g/mol. The van der Waals surface area contributed by atoms with Crippen molar-refractivity contribution in [3.8, 4) is 0 Å². The van der Waals surface area contributed by atoms with Crippen LogP contribution in [0.5, 0.6) is 0 Å². The van der Waals surface area contributed by atoms with Crippen molar-refractivity contribution in [2.75, 3.05) is 0 Å². The summed E-state index contributed by atoms with van der Waals surface area (Å²) in [5, 5.41) is 16.5. The second-order valence-corrected chi connectivity index (χ2v) is 23.0. The number of hydrogen-bond donors (Lipinski definition) is 0. The van der Waals surface area contributed by atoms with Gasteiger partial charge in [0.25, 0.3) is 0 Å². The molecule has 6 aromatic rings. The summed E-state index contributed by atoms with van der Waals surface area (Å²) in [5.41, 5.74) is 0.624. The fourth-order valence-electron chi connectivity index (χ4n) is 8.75. The molecule has 7 rings (SSSR count). The first-order valence-electron chi connectivity index (χ1n) is 18.5. The van der Waals surface area contributed by atoms with Crippen LogP contribution in [-0.4, -0.2) is 27.2 Å². The van der Waals surface area contributed by atoms with Crippen LogP contribution in [0.3, 0.4) is 0 Å². The van der Waals surface area contributed by atoms with E-state index < -0.39 is 20.1 Å². The van der Waals surface area contributed by atoms with Crippen molar-refractivity contribution in [1.82, 2.24) is 5.01 Å². The largest absolute Gasteiger partial charge is 0.280 e. The van der Waals surface area contributed by atoms with Crippen LogP contribution in [0, 0.1) is 5.41 Å². The van der Waals surface area contributed by atoms with E-state index >= 15 is 0 Å². The van der Waals surface area contributed by atoms with Gasteiger partial charge in [0.2, 0.25) is 0 Å². The Bertz CT molecular complexity index is 1920. The van der Waals surface area contributed by atoms with Crippen molar-refractivity contribution in [1.29, 1.82) is 0 Å². The van der Waals surface area contributed by atoms with Crippen molar-refractivity contribution in [2.24, 2.45) is 10.5 Å². The third-order valence-electron chi connectivity index (χ3n) is 12.3. The predicted molar refractivity (Wildman–Crippen MR) is 231 cm³/mol. The fraction of sp³-hybridized carbons (Fsp3) is 0.229. The average molecular weight is 719 g/mol. The third kappa shape index (κ3) is 5.41. The molecule has 0 amide bonds. The summed E-state index contributed by atoms with van der Waals surface area (Å²) in [6.07, 6.45) is 0. The Morgan fingerprint density at radius 2 is 0.731 bits per heavy atom. The maximum Gasteiger partial charge on any atom is 0.200 e. The SMILES string of the molecule is C[C@@H]1N(C(C)(C)C(C)(C)[P+](c2ccccc2)(c2ccccc2)c2ccccc2)N=C([P+](c2ccccc2)(c2ccccc2)c2ccccc2)C1(C)C. The van der Waals surface area contributed by atoms with Crippen LogP contribution in [0.15, 0.2) is 187 Å². The number of benzene rings is 6. The lowest BCUT2D eigenvalue weighted by Crippen LogP contribution is -2.63. The number of hydrogen-bond acceptors (Lipinski definition) is 2. The Hall–Kier alpha value is -4.35. The highest BCUT2D eigenvalue weighted by atomic mass is 31.2. The van der Waals surface area contributed by atoms with E-state index in [0.717, 1.165) is 0 Å². The van der Waals surface area contributed by atoms with Gasteiger partial charge in [-0.05, 0) is 121 Å². The van der Waals surface area contributed by atoms with Gasteiger partial charge in [0.05, 0.1) is 17.0 Å². The van der Waals surface area contributed by atoms with Gasteiger partial charge in [0, 0.05) is 0 Å². The minimum atomic E-state index is -2.42. The molecule has 0 aromatic heterocycles. The summed E-state index contributed by atoms with van der Waals surface area (Å²) >= 11 is 0. The van der Waals surface area contributed by atoms with E-state index in [1.807, 2.05) is 0 Å². The quantitative estimate of drug-likeness (QED) is 0.129. The highest BCUT2D eigenvalue weighted by molar-refractivity contribution is 8.08. The smallest absolute Gasteiger partial charge is 0.200 e. The van der Waals surface area contributed by atoms with Gasteiger partial charge in [-0.15, -0.1) is 5.10 Å². The Labute approximate surface area is 313 Å². The first kappa shape index (κ1) is 36.0. The number of rotatable bonds is 10. The molecule has 0 fully saturated rings. The summed E-state index contributed by atoms with van der Waals surface area (Å²) in [6, 6.07) is 67.7. The number of hydrazone groups is 1. The van der Waals surface area contributed by atoms with E-state index in [-0.39, 0.29) is 16.6 Å². The highest BCUT2D eigenvalue weighted by Gasteiger charge is 2.69. The molecule has 0 spiro atoms. The van der Waals surface area contributed by atoms with Crippen LogP contribution < -0.4 is 31.8 Å². The minimum absolute atomic E-state index is 0.122. The molecule has 0 unspecified atom stereocenters. The minimum Gasteiger partial charge on any atom is -0.280 e. The lowest BCUT2D eigenvalue weighted by atomic mass is 9.82. The molecule has 262 valence electrons. The first-order valence-corrected chi connectivity index (χ1v) is 22.1. The van der Waals surface area contributed by atoms with E-state index in [4.69, 9.17) is 5.10 Å². The molecular formula is C48H52N2P2+2. The second kappa shape index (κ2) is 13.9. The van der Waals surface area contributed by atoms with E-state index in [0.29, 0.717) is 0 Å². The lowest BCUT2D eigenvalue weighted by molar-refractivity contribution is 0.0417. The van der Waals surface area contributed by atoms with E-state index in [2.05, 4.69) is 235 Å². The molecule has 6 aromatic carbocycles. The van der Waals surface area contributed by atoms with Crippen LogP contribution in [-0.2, 0) is 0 Å². The zero-order valence-electron chi connectivity index (χ0n) is 31.7. The van der Waals surface area contributed by atoms with E-state index in [1.54, 1.807) is 0 Å². The first-order chi connectivity index (χ1) is 25.0. The Kier molecular flexibility index (Phi) is 9.63. The topological polar surface area (TPSA) is 15.6 Å². The van der Waals surface area contributed by atoms with Crippen LogP contribution in [0.2, 0.25) is 0 Å². The van der Waals surface area contributed by atoms with Gasteiger partial charge in [0.1, 0.15) is 44.2 Å². The van der Waals surface area contributed by atoms with E-state index in [1.165, 1.54) is 37.3 Å². The van der Waals surface area contributed by atoms with Crippen LogP contribution in [0.1, 0.15) is 48.5 Å². The summed E-state index contributed by atoms with van der Waals surface area (Å²) in [4.78, 5) is 0. The molecule has 52 heavy (non-hydrogen) atoms. The van der Waals surface area contributed by atoms with Gasteiger partial charge >= 0.3 is 0 Å². The Morgan fingerprint density at radius 1 is 0.462 bits per heavy atom. The predicted octanol–water partition coefficient (Wildman–Crippen LogP) is 9.58. The third-order valence-corrected chi connectivity index (χ3v) is 22.2. The summed E-state index contributed by atoms with van der Waals surface area (Å²) in [7, 11) is -4.75. The van der Waals surface area contributed by atoms with Crippen molar-refractivity contribution in [3.63, 3.8) is 0 Å². The number of nitrogens with zero attached hydrogens (tertiary/aromatic N) is 2. The van der Waals surface area contributed by atoms with Gasteiger partial charge < -0.3 is 0 Å². The molecule has 0 N–H and O–H groups in total. The van der Waals surface area contributed by atoms with Crippen molar-refractivity contribution < 1.29 is 0 Å². The Morgan fingerprint density at radius 3 is 1.02 bits per heavy atom. The van der Waals surface area contributed by atoms with Crippen LogP contribution in [0.25, 0.3) is 0 Å². The maximum atomic E-state index is 6.07. The monoisotopic (exact) mass is 718 g/mol. The summed E-state index contributed by atoms with van der Waals surface area (Å²) in [5.74, 6) is 0. The summed E-state index contributed by atoms with van der Waals surface area (Å²) in [6.45, 7) is 17.3. The zero-order valence-corrected chi connectivity index (χ0v) is 33.5. The molecule has 0 aliphatic carbocycles. The Balaban J connectivity index is 1.53. The molecule has 1 aliphatic rings. The molecule has 1 aliphatic heterocycles. The fourth-order valence-corrected chi connectivity index (χ4v) is 19.1. The lowest BCUT2D eigenvalue weighted by Gasteiger charge is -2.53. The van der Waals surface area contributed by atoms with Gasteiger partial charge in [-0.25, -0.2) is 0 Å². The second-order valence-electron chi connectivity index (χ2n) is 15.6. The zero-order chi connectivity index (χ0) is 36.6. The van der Waals surface area contributed by atoms with Gasteiger partial charge in [-0.2, -0.15) is 0 Å². The van der Waals surface area contributed by atoms with Crippen LogP contribution in [0.4, 0.5) is 0 Å². The molecule has 1 atom stereocenters. The van der Waals surface area contributed by atoms with Crippen molar-refractivity contribution in [2.45, 2.75) is 65.2 Å². The van der Waals surface area contributed by atoms with Gasteiger partial charge in [-0.1, -0.05) is 109 Å². The van der Waals surface area contributed by atoms with Gasteiger partial charge in [0.15, 0.2) is 12.7 Å². The maximum absolute atomic E-state index is 6.07. The standard InChI is InChI=1S/C48H52N2P2/c1-38-46(2,3)45(51(39-26-14-8-15-27-39,40-28-16-9-17-29-40)41-30-18-10-19-31-41)49-50(38)47(4,5)48(6,7)52(42-32-20-11-21-33-42,43-34-22-12-23-35-43)44-36-24-13-25-37-44/h8-38H,1-7H3/q+2/t38-/m0/s1. The normalized spacial score (nSPS) is 16.4. The van der Waals surface area contributed by atoms with Crippen molar-refractivity contribution >= 4 is 51.8 Å². The van der Waals surface area contributed by atoms with E-state index in [9.17, 15) is 0 Å². The van der Waals surface area contributed by atoms with Gasteiger partial charge in [-0.3, -0.25) is 5.01 Å². The average Bonchev–Trinajstić information content (AvgIpc) is 3.43. The molecule has 0 saturated heterocycles.